The molecule has 1 heterocycles. The van der Waals surface area contributed by atoms with E-state index in [1.165, 1.54) is 12.1 Å². The first kappa shape index (κ1) is 21.3. The number of benzene rings is 1. The maximum atomic E-state index is 13.6. The van der Waals surface area contributed by atoms with Gasteiger partial charge in [0.15, 0.2) is 0 Å². The zero-order chi connectivity index (χ0) is 19.5. The number of amides is 2. The van der Waals surface area contributed by atoms with Crippen molar-refractivity contribution in [2.45, 2.75) is 32.1 Å². The Morgan fingerprint density at radius 2 is 1.74 bits per heavy atom. The highest BCUT2D eigenvalue weighted by Gasteiger charge is 2.20. The van der Waals surface area contributed by atoms with E-state index in [1.807, 2.05) is 4.90 Å². The van der Waals surface area contributed by atoms with E-state index in [0.717, 1.165) is 58.4 Å². The molecule has 1 aromatic carbocycles. The van der Waals surface area contributed by atoms with E-state index in [2.05, 4.69) is 10.2 Å². The summed E-state index contributed by atoms with van der Waals surface area (Å²) in [6, 6.07) is 5.97. The third-order valence-corrected chi connectivity index (χ3v) is 4.90. The molecule has 6 nitrogen and oxygen atoms in total. The zero-order valence-electron chi connectivity index (χ0n) is 16.0. The van der Waals surface area contributed by atoms with E-state index in [1.54, 1.807) is 12.1 Å². The minimum atomic E-state index is -0.509. The van der Waals surface area contributed by atoms with Crippen molar-refractivity contribution in [3.63, 3.8) is 0 Å². The smallest absolute Gasteiger partial charge is 0.254 e. The number of piperazine rings is 1. The Balaban J connectivity index is 1.60. The molecule has 0 saturated carbocycles. The van der Waals surface area contributed by atoms with Crippen LogP contribution in [0.5, 0.6) is 0 Å². The van der Waals surface area contributed by atoms with Gasteiger partial charge in [-0.05, 0) is 31.5 Å². The molecule has 27 heavy (non-hydrogen) atoms. The number of halogens is 1. The lowest BCUT2D eigenvalue weighted by atomic mass is 10.1. The molecule has 1 aliphatic heterocycles. The van der Waals surface area contributed by atoms with Crippen molar-refractivity contribution in [2.75, 3.05) is 45.8 Å². The lowest BCUT2D eigenvalue weighted by molar-refractivity contribution is -0.133. The summed E-state index contributed by atoms with van der Waals surface area (Å²) in [5.41, 5.74) is 5.54. The Kier molecular flexibility index (Phi) is 9.21. The van der Waals surface area contributed by atoms with Crippen LogP contribution >= 0.6 is 0 Å². The minimum absolute atomic E-state index is 0.0689. The molecule has 7 heteroatoms. The SMILES string of the molecule is NCCCCCCC(=O)N1CCN(CCNC(=O)c2ccccc2F)CC1. The first-order valence-corrected chi connectivity index (χ1v) is 9.84. The Bertz CT molecular complexity index is 603. The molecule has 0 bridgehead atoms. The monoisotopic (exact) mass is 378 g/mol. The predicted molar refractivity (Wildman–Crippen MR) is 104 cm³/mol. The average molecular weight is 378 g/mol. The molecular weight excluding hydrogens is 347 g/mol. The number of unbranched alkanes of at least 4 members (excludes halogenated alkanes) is 3. The van der Waals surface area contributed by atoms with E-state index < -0.39 is 11.7 Å². The molecule has 0 aromatic heterocycles. The number of hydrogen-bond acceptors (Lipinski definition) is 4. The fraction of sp³-hybridized carbons (Fsp3) is 0.600. The second-order valence-corrected chi connectivity index (χ2v) is 6.91. The molecule has 3 N–H and O–H groups in total. The highest BCUT2D eigenvalue weighted by atomic mass is 19.1. The van der Waals surface area contributed by atoms with Gasteiger partial charge in [0.2, 0.25) is 5.91 Å². The highest BCUT2D eigenvalue weighted by Crippen LogP contribution is 2.09. The number of nitrogens with two attached hydrogens (primary N) is 1. The van der Waals surface area contributed by atoms with Crippen molar-refractivity contribution < 1.29 is 14.0 Å². The van der Waals surface area contributed by atoms with Gasteiger partial charge in [0, 0.05) is 45.7 Å². The van der Waals surface area contributed by atoms with Gasteiger partial charge in [0.05, 0.1) is 5.56 Å². The Labute approximate surface area is 160 Å². The Morgan fingerprint density at radius 1 is 1.04 bits per heavy atom. The highest BCUT2D eigenvalue weighted by molar-refractivity contribution is 5.94. The molecule has 0 unspecified atom stereocenters. The molecule has 150 valence electrons. The standard InChI is InChI=1S/C20H31FN4O2/c21-18-8-5-4-7-17(18)20(27)23-11-12-24-13-15-25(16-14-24)19(26)9-3-1-2-6-10-22/h4-5,7-8H,1-3,6,9-16,22H2,(H,23,27). The largest absolute Gasteiger partial charge is 0.351 e. The fourth-order valence-electron chi connectivity index (χ4n) is 3.22. The zero-order valence-corrected chi connectivity index (χ0v) is 16.0. The van der Waals surface area contributed by atoms with E-state index in [0.29, 0.717) is 19.5 Å². The van der Waals surface area contributed by atoms with Crippen LogP contribution in [0.15, 0.2) is 24.3 Å². The molecule has 1 aromatic rings. The average Bonchev–Trinajstić information content (AvgIpc) is 2.68. The van der Waals surface area contributed by atoms with E-state index in [4.69, 9.17) is 5.73 Å². The van der Waals surface area contributed by atoms with Gasteiger partial charge in [0.1, 0.15) is 5.82 Å². The molecule has 0 aliphatic carbocycles. The van der Waals surface area contributed by atoms with E-state index >= 15 is 0 Å². The van der Waals surface area contributed by atoms with Crippen molar-refractivity contribution in [3.05, 3.63) is 35.6 Å². The second kappa shape index (κ2) is 11.7. The van der Waals surface area contributed by atoms with E-state index in [9.17, 15) is 14.0 Å². The van der Waals surface area contributed by atoms with Crippen LogP contribution in [0.3, 0.4) is 0 Å². The summed E-state index contributed by atoms with van der Waals surface area (Å²) in [6.45, 7) is 4.93. The first-order valence-electron chi connectivity index (χ1n) is 9.84. The second-order valence-electron chi connectivity index (χ2n) is 6.91. The Hall–Kier alpha value is -1.99. The predicted octanol–water partition coefficient (Wildman–Crippen LogP) is 1.61. The lowest BCUT2D eigenvalue weighted by Crippen LogP contribution is -2.50. The summed E-state index contributed by atoms with van der Waals surface area (Å²) in [5, 5.41) is 2.76. The molecule has 1 fully saturated rings. The molecule has 1 aliphatic rings. The number of carbonyl (C=O) groups is 2. The van der Waals surface area contributed by atoms with Crippen molar-refractivity contribution in [1.82, 2.24) is 15.1 Å². The fourth-order valence-corrected chi connectivity index (χ4v) is 3.22. The van der Waals surface area contributed by atoms with Crippen molar-refractivity contribution in [1.29, 1.82) is 0 Å². The van der Waals surface area contributed by atoms with Crippen LogP contribution < -0.4 is 11.1 Å². The number of carbonyl (C=O) groups excluding carboxylic acids is 2. The summed E-state index contributed by atoms with van der Waals surface area (Å²) in [7, 11) is 0. The van der Waals surface area contributed by atoms with Crippen LogP contribution in [-0.4, -0.2) is 67.4 Å². The summed E-state index contributed by atoms with van der Waals surface area (Å²) < 4.78 is 13.6. The minimum Gasteiger partial charge on any atom is -0.351 e. The van der Waals surface area contributed by atoms with Gasteiger partial charge in [0.25, 0.3) is 5.91 Å². The number of rotatable bonds is 10. The third-order valence-electron chi connectivity index (χ3n) is 4.90. The van der Waals surface area contributed by atoms with Crippen LogP contribution in [-0.2, 0) is 4.79 Å². The maximum absolute atomic E-state index is 13.6. The molecule has 2 rings (SSSR count). The molecule has 0 spiro atoms. The van der Waals surface area contributed by atoms with Crippen LogP contribution in [0, 0.1) is 5.82 Å². The number of nitrogens with one attached hydrogen (secondary N) is 1. The molecule has 0 atom stereocenters. The third kappa shape index (κ3) is 7.27. The number of hydrogen-bond donors (Lipinski definition) is 2. The van der Waals surface area contributed by atoms with Crippen molar-refractivity contribution >= 4 is 11.8 Å². The van der Waals surface area contributed by atoms with Crippen molar-refractivity contribution in [2.24, 2.45) is 5.73 Å². The van der Waals surface area contributed by atoms with Gasteiger partial charge in [-0.25, -0.2) is 4.39 Å². The van der Waals surface area contributed by atoms with Gasteiger partial charge in [-0.2, -0.15) is 0 Å². The van der Waals surface area contributed by atoms with Crippen LogP contribution in [0.2, 0.25) is 0 Å². The van der Waals surface area contributed by atoms with Crippen LogP contribution in [0.1, 0.15) is 42.5 Å². The number of nitrogens with zero attached hydrogens (tertiary/aromatic N) is 2. The van der Waals surface area contributed by atoms with Crippen LogP contribution in [0.25, 0.3) is 0 Å². The molecule has 2 amide bonds. The molecular formula is C20H31FN4O2. The van der Waals surface area contributed by atoms with E-state index in [-0.39, 0.29) is 11.5 Å². The van der Waals surface area contributed by atoms with Crippen LogP contribution in [0.4, 0.5) is 4.39 Å². The molecule has 0 radical (unpaired) electrons. The van der Waals surface area contributed by atoms with Gasteiger partial charge < -0.3 is 16.0 Å². The Morgan fingerprint density at radius 3 is 2.44 bits per heavy atom. The summed E-state index contributed by atoms with van der Waals surface area (Å²) >= 11 is 0. The van der Waals surface area contributed by atoms with Gasteiger partial charge in [-0.3, -0.25) is 14.5 Å². The first-order chi connectivity index (χ1) is 13.1. The summed E-state index contributed by atoms with van der Waals surface area (Å²) in [5.74, 6) is -0.669. The normalized spacial score (nSPS) is 15.0. The summed E-state index contributed by atoms with van der Waals surface area (Å²) in [4.78, 5) is 28.3. The maximum Gasteiger partial charge on any atom is 0.254 e. The van der Waals surface area contributed by atoms with Crippen molar-refractivity contribution in [3.8, 4) is 0 Å². The quantitative estimate of drug-likeness (QED) is 0.607. The molecule has 1 saturated heterocycles. The topological polar surface area (TPSA) is 78.7 Å². The summed E-state index contributed by atoms with van der Waals surface area (Å²) in [6.07, 6.45) is 4.73. The van der Waals surface area contributed by atoms with Gasteiger partial charge >= 0.3 is 0 Å². The van der Waals surface area contributed by atoms with Gasteiger partial charge in [-0.15, -0.1) is 0 Å². The van der Waals surface area contributed by atoms with Gasteiger partial charge in [-0.1, -0.05) is 25.0 Å². The lowest BCUT2D eigenvalue weighted by Gasteiger charge is -2.34.